The molecule has 0 bridgehead atoms. The molecule has 24 heavy (non-hydrogen) atoms. The lowest BCUT2D eigenvalue weighted by Crippen LogP contribution is -2.45. The Balaban J connectivity index is 2.66. The van der Waals surface area contributed by atoms with Crippen molar-refractivity contribution in [2.75, 3.05) is 13.2 Å². The Morgan fingerprint density at radius 2 is 1.54 bits per heavy atom. The maximum Gasteiger partial charge on any atom is 0.0908 e. The van der Waals surface area contributed by atoms with E-state index in [9.17, 15) is 5.11 Å². The quantitative estimate of drug-likeness (QED) is 0.715. The molecule has 0 saturated heterocycles. The minimum absolute atomic E-state index is 0.0805. The van der Waals surface area contributed by atoms with Crippen molar-refractivity contribution < 1.29 is 5.11 Å². The standard InChI is InChI=1S/C22H25NO/c1-3-4-7-12-19(2)22(23-17-18-24,20-13-8-5-9-14-20)21-15-10-6-11-16-21/h3-16,23-24H,1,17-18H2,2H3/b7-4-,19-12+. The lowest BCUT2D eigenvalue weighted by Gasteiger charge is -2.37. The normalized spacial score (nSPS) is 12.5. The fraction of sp³-hybridized carbons (Fsp3) is 0.182. The summed E-state index contributed by atoms with van der Waals surface area (Å²) in [5.74, 6) is 0. The van der Waals surface area contributed by atoms with Gasteiger partial charge in [-0.05, 0) is 23.6 Å². The second-order valence-corrected chi connectivity index (χ2v) is 5.60. The van der Waals surface area contributed by atoms with E-state index < -0.39 is 5.54 Å². The van der Waals surface area contributed by atoms with E-state index in [1.165, 1.54) is 0 Å². The number of aliphatic hydroxyl groups excluding tert-OH is 1. The summed E-state index contributed by atoms with van der Waals surface area (Å²) in [4.78, 5) is 0. The molecule has 0 aliphatic rings. The topological polar surface area (TPSA) is 32.3 Å². The zero-order valence-corrected chi connectivity index (χ0v) is 14.2. The van der Waals surface area contributed by atoms with Crippen molar-refractivity contribution in [1.82, 2.24) is 5.32 Å². The highest BCUT2D eigenvalue weighted by Crippen LogP contribution is 2.36. The molecule has 0 unspecified atom stereocenters. The van der Waals surface area contributed by atoms with Gasteiger partial charge in [-0.3, -0.25) is 5.32 Å². The van der Waals surface area contributed by atoms with Crippen LogP contribution in [-0.4, -0.2) is 18.3 Å². The average Bonchev–Trinajstić information content (AvgIpc) is 2.64. The monoisotopic (exact) mass is 319 g/mol. The van der Waals surface area contributed by atoms with Crippen molar-refractivity contribution in [3.05, 3.63) is 108 Å². The number of hydrogen-bond acceptors (Lipinski definition) is 2. The van der Waals surface area contributed by atoms with Crippen molar-refractivity contribution in [1.29, 1.82) is 0 Å². The van der Waals surface area contributed by atoms with Crippen molar-refractivity contribution in [2.24, 2.45) is 0 Å². The molecule has 2 N–H and O–H groups in total. The first-order valence-corrected chi connectivity index (χ1v) is 8.19. The molecule has 0 aliphatic carbocycles. The fourth-order valence-electron chi connectivity index (χ4n) is 2.99. The summed E-state index contributed by atoms with van der Waals surface area (Å²) in [6.07, 6.45) is 7.75. The first kappa shape index (κ1) is 17.9. The third-order valence-electron chi connectivity index (χ3n) is 4.10. The fourth-order valence-corrected chi connectivity index (χ4v) is 2.99. The molecule has 0 radical (unpaired) electrons. The van der Waals surface area contributed by atoms with Crippen molar-refractivity contribution in [3.63, 3.8) is 0 Å². The van der Waals surface area contributed by atoms with Gasteiger partial charge in [0.2, 0.25) is 0 Å². The summed E-state index contributed by atoms with van der Waals surface area (Å²) in [5.41, 5.74) is 2.94. The second kappa shape index (κ2) is 9.02. The molecule has 0 aliphatic heterocycles. The molecule has 2 aromatic rings. The van der Waals surface area contributed by atoms with Gasteiger partial charge in [-0.15, -0.1) is 0 Å². The maximum absolute atomic E-state index is 9.41. The predicted octanol–water partition coefficient (Wildman–Crippen LogP) is 4.20. The van der Waals surface area contributed by atoms with Crippen LogP contribution in [0.5, 0.6) is 0 Å². The third kappa shape index (κ3) is 3.91. The number of hydrogen-bond donors (Lipinski definition) is 2. The van der Waals surface area contributed by atoms with Gasteiger partial charge in [-0.2, -0.15) is 0 Å². The predicted molar refractivity (Wildman–Crippen MR) is 102 cm³/mol. The van der Waals surface area contributed by atoms with E-state index in [0.29, 0.717) is 6.54 Å². The Hall–Kier alpha value is -2.42. The van der Waals surface area contributed by atoms with Gasteiger partial charge in [0.05, 0.1) is 12.1 Å². The molecule has 0 aromatic heterocycles. The minimum atomic E-state index is -0.489. The Morgan fingerprint density at radius 1 is 1.00 bits per heavy atom. The second-order valence-electron chi connectivity index (χ2n) is 5.60. The van der Waals surface area contributed by atoms with E-state index in [1.54, 1.807) is 6.08 Å². The van der Waals surface area contributed by atoms with Crippen LogP contribution in [0, 0.1) is 0 Å². The Labute approximate surface area is 144 Å². The van der Waals surface area contributed by atoms with Gasteiger partial charge in [0, 0.05) is 6.54 Å². The van der Waals surface area contributed by atoms with Crippen molar-refractivity contribution in [2.45, 2.75) is 12.5 Å². The number of benzene rings is 2. The molecule has 0 saturated carbocycles. The summed E-state index contributed by atoms with van der Waals surface area (Å²) in [5, 5.41) is 13.0. The molecule has 0 amide bonds. The number of nitrogens with one attached hydrogen (secondary N) is 1. The van der Waals surface area contributed by atoms with Crippen LogP contribution in [0.4, 0.5) is 0 Å². The van der Waals surface area contributed by atoms with E-state index in [1.807, 2.05) is 48.6 Å². The lowest BCUT2D eigenvalue weighted by atomic mass is 9.77. The SMILES string of the molecule is C=C/C=C\C=C(/C)C(NCCO)(c1ccccc1)c1ccccc1. The van der Waals surface area contributed by atoms with E-state index >= 15 is 0 Å². The van der Waals surface area contributed by atoms with Crippen LogP contribution >= 0.6 is 0 Å². The molecule has 0 heterocycles. The summed E-state index contributed by atoms with van der Waals surface area (Å²) in [6.45, 7) is 6.41. The van der Waals surface area contributed by atoms with E-state index in [2.05, 4.69) is 49.2 Å². The Bertz CT molecular complexity index is 647. The van der Waals surface area contributed by atoms with Crippen LogP contribution in [-0.2, 0) is 5.54 Å². The first-order valence-electron chi connectivity index (χ1n) is 8.19. The molecular formula is C22H25NO. The van der Waals surface area contributed by atoms with Gasteiger partial charge >= 0.3 is 0 Å². The molecule has 2 heteroatoms. The summed E-state index contributed by atoms with van der Waals surface area (Å²) in [6, 6.07) is 20.7. The smallest absolute Gasteiger partial charge is 0.0908 e. The lowest BCUT2D eigenvalue weighted by molar-refractivity contribution is 0.276. The number of aliphatic hydroxyl groups is 1. The number of allylic oxidation sites excluding steroid dienone is 4. The molecular weight excluding hydrogens is 294 g/mol. The van der Waals surface area contributed by atoms with Crippen LogP contribution in [0.25, 0.3) is 0 Å². The highest BCUT2D eigenvalue weighted by molar-refractivity contribution is 5.48. The molecule has 0 fully saturated rings. The van der Waals surface area contributed by atoms with Crippen LogP contribution in [0.1, 0.15) is 18.1 Å². The van der Waals surface area contributed by atoms with Gasteiger partial charge in [-0.1, -0.05) is 91.5 Å². The highest BCUT2D eigenvalue weighted by atomic mass is 16.3. The minimum Gasteiger partial charge on any atom is -0.395 e. The van der Waals surface area contributed by atoms with Gasteiger partial charge in [0.1, 0.15) is 0 Å². The van der Waals surface area contributed by atoms with E-state index in [4.69, 9.17) is 0 Å². The summed E-state index contributed by atoms with van der Waals surface area (Å²) < 4.78 is 0. The van der Waals surface area contributed by atoms with Crippen LogP contribution in [0.2, 0.25) is 0 Å². The van der Waals surface area contributed by atoms with E-state index in [-0.39, 0.29) is 6.61 Å². The molecule has 0 spiro atoms. The van der Waals surface area contributed by atoms with Gasteiger partial charge in [-0.25, -0.2) is 0 Å². The largest absolute Gasteiger partial charge is 0.395 e. The van der Waals surface area contributed by atoms with Gasteiger partial charge < -0.3 is 5.11 Å². The number of rotatable bonds is 8. The van der Waals surface area contributed by atoms with Crippen LogP contribution in [0.3, 0.4) is 0 Å². The molecule has 2 aromatic carbocycles. The molecule has 0 atom stereocenters. The van der Waals surface area contributed by atoms with Gasteiger partial charge in [0.25, 0.3) is 0 Å². The van der Waals surface area contributed by atoms with Crippen molar-refractivity contribution >= 4 is 0 Å². The summed E-state index contributed by atoms with van der Waals surface area (Å²) in [7, 11) is 0. The third-order valence-corrected chi connectivity index (χ3v) is 4.10. The first-order chi connectivity index (χ1) is 11.8. The Morgan fingerprint density at radius 3 is 2.00 bits per heavy atom. The van der Waals surface area contributed by atoms with E-state index in [0.717, 1.165) is 16.7 Å². The van der Waals surface area contributed by atoms with Crippen LogP contribution in [0.15, 0.2) is 97.1 Å². The maximum atomic E-state index is 9.41. The molecule has 2 rings (SSSR count). The zero-order valence-electron chi connectivity index (χ0n) is 14.2. The van der Waals surface area contributed by atoms with Gasteiger partial charge in [0.15, 0.2) is 0 Å². The van der Waals surface area contributed by atoms with Crippen LogP contribution < -0.4 is 5.32 Å². The summed E-state index contributed by atoms with van der Waals surface area (Å²) >= 11 is 0. The average molecular weight is 319 g/mol. The van der Waals surface area contributed by atoms with Crippen molar-refractivity contribution in [3.8, 4) is 0 Å². The molecule has 2 nitrogen and oxygen atoms in total. The zero-order chi connectivity index (χ0) is 17.3. The highest BCUT2D eigenvalue weighted by Gasteiger charge is 2.35. The molecule has 124 valence electrons. The Kier molecular flexibility index (Phi) is 6.74.